The Labute approximate surface area is 156 Å². The number of methoxy groups -OCH3 is 1. The second-order valence-electron chi connectivity index (χ2n) is 6.69. The van der Waals surface area contributed by atoms with Gasteiger partial charge in [0.15, 0.2) is 0 Å². The smallest absolute Gasteiger partial charge is 0.255 e. The molecule has 3 N–H and O–H groups in total. The molecule has 6 nitrogen and oxygen atoms in total. The summed E-state index contributed by atoms with van der Waals surface area (Å²) in [7, 11) is 1.48. The molecule has 0 saturated carbocycles. The van der Waals surface area contributed by atoms with E-state index in [0.29, 0.717) is 33.5 Å². The van der Waals surface area contributed by atoms with Crippen molar-refractivity contribution in [2.24, 2.45) is 5.92 Å². The van der Waals surface area contributed by atoms with Crippen LogP contribution in [-0.4, -0.2) is 41.0 Å². The Bertz CT molecular complexity index is 968. The van der Waals surface area contributed by atoms with Crippen LogP contribution in [0.1, 0.15) is 24.2 Å². The summed E-state index contributed by atoms with van der Waals surface area (Å²) in [5.41, 5.74) is 2.14. The third kappa shape index (κ3) is 3.78. The van der Waals surface area contributed by atoms with Gasteiger partial charge in [-0.15, -0.1) is 0 Å². The van der Waals surface area contributed by atoms with Crippen molar-refractivity contribution in [3.05, 3.63) is 47.8 Å². The number of halogens is 1. The minimum atomic E-state index is -0.370. The number of aromatic nitrogens is 2. The zero-order valence-corrected chi connectivity index (χ0v) is 15.4. The van der Waals surface area contributed by atoms with E-state index in [1.807, 2.05) is 13.8 Å². The monoisotopic (exact) mass is 371 g/mol. The molecule has 0 saturated heterocycles. The summed E-state index contributed by atoms with van der Waals surface area (Å²) in [6.45, 7) is 3.67. The van der Waals surface area contributed by atoms with E-state index in [2.05, 4.69) is 15.5 Å². The lowest BCUT2D eigenvalue weighted by Crippen LogP contribution is -2.41. The Balaban J connectivity index is 2.07. The van der Waals surface area contributed by atoms with Gasteiger partial charge in [0.2, 0.25) is 0 Å². The van der Waals surface area contributed by atoms with Gasteiger partial charge in [-0.25, -0.2) is 4.39 Å². The Hall–Kier alpha value is -2.93. The maximum atomic E-state index is 13.6. The Morgan fingerprint density at radius 2 is 2.11 bits per heavy atom. The number of aliphatic hydroxyl groups excluding tert-OH is 1. The molecule has 7 heteroatoms. The first-order valence-electron chi connectivity index (χ1n) is 8.68. The molecule has 0 spiro atoms. The molecule has 1 heterocycles. The number of rotatable bonds is 6. The van der Waals surface area contributed by atoms with Crippen molar-refractivity contribution in [2.45, 2.75) is 19.9 Å². The molecule has 2 aromatic carbocycles. The van der Waals surface area contributed by atoms with E-state index in [9.17, 15) is 14.3 Å². The number of carbonyl (C=O) groups excluding carboxylic acids is 1. The van der Waals surface area contributed by atoms with Crippen LogP contribution >= 0.6 is 0 Å². The van der Waals surface area contributed by atoms with E-state index in [1.54, 1.807) is 24.3 Å². The highest BCUT2D eigenvalue weighted by Gasteiger charge is 2.21. The summed E-state index contributed by atoms with van der Waals surface area (Å²) in [6.07, 6.45) is 0. The van der Waals surface area contributed by atoms with E-state index in [1.165, 1.54) is 19.2 Å². The SMILES string of the molecule is COc1cc2[nH]nc(-c3cccc(F)c3)c2cc1C(=O)NC(CO)C(C)C. The highest BCUT2D eigenvalue weighted by atomic mass is 19.1. The molecule has 1 aromatic heterocycles. The van der Waals surface area contributed by atoms with E-state index in [0.717, 1.165) is 0 Å². The van der Waals surface area contributed by atoms with Gasteiger partial charge in [-0.1, -0.05) is 26.0 Å². The maximum absolute atomic E-state index is 13.6. The fourth-order valence-corrected chi connectivity index (χ4v) is 2.92. The van der Waals surface area contributed by atoms with Crippen LogP contribution in [0.4, 0.5) is 4.39 Å². The van der Waals surface area contributed by atoms with Crippen LogP contribution in [0.15, 0.2) is 36.4 Å². The molecule has 0 bridgehead atoms. The standard InChI is InChI=1S/C20H22FN3O3/c1-11(2)17(10-25)22-20(26)15-8-14-16(9-18(15)27-3)23-24-19(14)12-5-4-6-13(21)7-12/h4-9,11,17,25H,10H2,1-3H3,(H,22,26)(H,23,24). The lowest BCUT2D eigenvalue weighted by molar-refractivity contribution is 0.0894. The number of hydrogen-bond acceptors (Lipinski definition) is 4. The van der Waals surface area contributed by atoms with Crippen LogP contribution in [0.3, 0.4) is 0 Å². The van der Waals surface area contributed by atoms with E-state index in [4.69, 9.17) is 4.74 Å². The summed E-state index contributed by atoms with van der Waals surface area (Å²) < 4.78 is 19.0. The highest BCUT2D eigenvalue weighted by molar-refractivity contribution is 6.04. The zero-order valence-electron chi connectivity index (χ0n) is 15.4. The average Bonchev–Trinajstić information content (AvgIpc) is 3.07. The third-order valence-electron chi connectivity index (χ3n) is 4.54. The fraction of sp³-hybridized carbons (Fsp3) is 0.300. The molecule has 0 aliphatic carbocycles. The number of benzene rings is 2. The molecule has 1 atom stereocenters. The van der Waals surface area contributed by atoms with Gasteiger partial charge >= 0.3 is 0 Å². The van der Waals surface area contributed by atoms with Crippen molar-refractivity contribution >= 4 is 16.8 Å². The first-order valence-corrected chi connectivity index (χ1v) is 8.68. The number of nitrogens with one attached hydrogen (secondary N) is 2. The number of H-pyrrole nitrogens is 1. The molecule has 1 unspecified atom stereocenters. The molecule has 3 aromatic rings. The van der Waals surface area contributed by atoms with Crippen molar-refractivity contribution in [2.75, 3.05) is 13.7 Å². The number of aliphatic hydroxyl groups is 1. The molecular weight excluding hydrogens is 349 g/mol. The van der Waals surface area contributed by atoms with Gasteiger partial charge in [-0.05, 0) is 24.1 Å². The van der Waals surface area contributed by atoms with Crippen LogP contribution in [0.25, 0.3) is 22.2 Å². The molecule has 0 aliphatic rings. The third-order valence-corrected chi connectivity index (χ3v) is 4.54. The van der Waals surface area contributed by atoms with Crippen molar-refractivity contribution in [3.8, 4) is 17.0 Å². The molecule has 27 heavy (non-hydrogen) atoms. The molecule has 0 radical (unpaired) electrons. The normalized spacial score (nSPS) is 12.4. The number of ether oxygens (including phenoxy) is 1. The van der Waals surface area contributed by atoms with Crippen molar-refractivity contribution in [1.29, 1.82) is 0 Å². The Morgan fingerprint density at radius 1 is 1.33 bits per heavy atom. The van der Waals surface area contributed by atoms with Gasteiger partial charge in [-0.3, -0.25) is 9.89 Å². The highest BCUT2D eigenvalue weighted by Crippen LogP contribution is 2.32. The van der Waals surface area contributed by atoms with E-state index in [-0.39, 0.29) is 30.3 Å². The van der Waals surface area contributed by atoms with Gasteiger partial charge in [0, 0.05) is 17.0 Å². The topological polar surface area (TPSA) is 87.2 Å². The number of carbonyl (C=O) groups is 1. The lowest BCUT2D eigenvalue weighted by Gasteiger charge is -2.20. The first-order chi connectivity index (χ1) is 12.9. The molecule has 3 rings (SSSR count). The van der Waals surface area contributed by atoms with Crippen LogP contribution in [0.5, 0.6) is 5.75 Å². The lowest BCUT2D eigenvalue weighted by atomic mass is 10.0. The Kier molecular flexibility index (Phi) is 5.41. The Morgan fingerprint density at radius 3 is 2.74 bits per heavy atom. The first kappa shape index (κ1) is 18.8. The molecule has 0 fully saturated rings. The van der Waals surface area contributed by atoms with Gasteiger partial charge in [0.1, 0.15) is 17.3 Å². The predicted molar refractivity (Wildman–Crippen MR) is 101 cm³/mol. The van der Waals surface area contributed by atoms with E-state index < -0.39 is 0 Å². The van der Waals surface area contributed by atoms with Gasteiger partial charge < -0.3 is 15.2 Å². The summed E-state index contributed by atoms with van der Waals surface area (Å²) in [6, 6.07) is 9.09. The summed E-state index contributed by atoms with van der Waals surface area (Å²) in [4.78, 5) is 12.8. The molecule has 0 aliphatic heterocycles. The van der Waals surface area contributed by atoms with Crippen molar-refractivity contribution in [3.63, 3.8) is 0 Å². The summed E-state index contributed by atoms with van der Waals surface area (Å²) in [5.74, 6) is -0.258. The van der Waals surface area contributed by atoms with Gasteiger partial charge in [0.25, 0.3) is 5.91 Å². The van der Waals surface area contributed by atoms with Gasteiger partial charge in [0.05, 0.1) is 30.8 Å². The zero-order chi connectivity index (χ0) is 19.6. The van der Waals surface area contributed by atoms with Crippen molar-refractivity contribution in [1.82, 2.24) is 15.5 Å². The van der Waals surface area contributed by atoms with Crippen LogP contribution in [0.2, 0.25) is 0 Å². The quantitative estimate of drug-likeness (QED) is 0.621. The second kappa shape index (κ2) is 7.75. The number of aromatic amines is 1. The number of hydrogen-bond donors (Lipinski definition) is 3. The largest absolute Gasteiger partial charge is 0.496 e. The number of nitrogens with zero attached hydrogens (tertiary/aromatic N) is 1. The van der Waals surface area contributed by atoms with Crippen LogP contribution in [-0.2, 0) is 0 Å². The van der Waals surface area contributed by atoms with Gasteiger partial charge in [-0.2, -0.15) is 5.10 Å². The maximum Gasteiger partial charge on any atom is 0.255 e. The van der Waals surface area contributed by atoms with Crippen molar-refractivity contribution < 1.29 is 19.0 Å². The van der Waals surface area contributed by atoms with Crippen LogP contribution in [0, 0.1) is 11.7 Å². The fourth-order valence-electron chi connectivity index (χ4n) is 2.92. The number of amides is 1. The average molecular weight is 371 g/mol. The minimum Gasteiger partial charge on any atom is -0.496 e. The molecular formula is C20H22FN3O3. The summed E-state index contributed by atoms with van der Waals surface area (Å²) in [5, 5.41) is 20.1. The molecule has 1 amide bonds. The summed E-state index contributed by atoms with van der Waals surface area (Å²) >= 11 is 0. The number of fused-ring (bicyclic) bond motifs is 1. The minimum absolute atomic E-state index is 0.0745. The van der Waals surface area contributed by atoms with Crippen LogP contribution < -0.4 is 10.1 Å². The van der Waals surface area contributed by atoms with E-state index >= 15 is 0 Å². The second-order valence-corrected chi connectivity index (χ2v) is 6.69. The predicted octanol–water partition coefficient (Wildman–Crippen LogP) is 3.12. The molecule has 142 valence electrons.